The Morgan fingerprint density at radius 2 is 2.00 bits per heavy atom. The number of hydrogen-bond acceptors (Lipinski definition) is 3. The maximum absolute atomic E-state index is 9.38. The second-order valence-corrected chi connectivity index (χ2v) is 4.40. The Hall–Kier alpha value is -0.120. The maximum atomic E-state index is 9.38. The molecule has 2 fully saturated rings. The van der Waals surface area contributed by atoms with E-state index in [4.69, 9.17) is 0 Å². The van der Waals surface area contributed by atoms with Crippen molar-refractivity contribution in [1.29, 1.82) is 0 Å². The standard InChI is InChI=1S/C10H20N2O/c13-10-3-6-12(8-10)7-9-1-4-11-5-2-9/h9-11,13H,1-8H2/t10-/m1/s1. The molecule has 2 aliphatic heterocycles. The topological polar surface area (TPSA) is 35.5 Å². The molecule has 0 radical (unpaired) electrons. The molecule has 2 saturated heterocycles. The highest BCUT2D eigenvalue weighted by Crippen LogP contribution is 2.17. The number of likely N-dealkylation sites (tertiary alicyclic amines) is 1. The molecule has 0 saturated carbocycles. The Morgan fingerprint density at radius 1 is 1.23 bits per heavy atom. The highest BCUT2D eigenvalue weighted by Gasteiger charge is 2.23. The van der Waals surface area contributed by atoms with Gasteiger partial charge in [0.2, 0.25) is 0 Å². The van der Waals surface area contributed by atoms with Crippen LogP contribution in [0.15, 0.2) is 0 Å². The SMILES string of the molecule is O[C@@H]1CCN(CC2CCNCC2)C1. The quantitative estimate of drug-likeness (QED) is 0.636. The first kappa shape index (κ1) is 9.44. The van der Waals surface area contributed by atoms with E-state index in [1.54, 1.807) is 0 Å². The van der Waals surface area contributed by atoms with Crippen LogP contribution in [-0.4, -0.2) is 48.8 Å². The van der Waals surface area contributed by atoms with Gasteiger partial charge in [-0.3, -0.25) is 0 Å². The molecule has 76 valence electrons. The molecule has 0 amide bonds. The number of rotatable bonds is 2. The van der Waals surface area contributed by atoms with Crippen LogP contribution in [0.2, 0.25) is 0 Å². The summed E-state index contributed by atoms with van der Waals surface area (Å²) in [6.45, 7) is 5.58. The first-order valence-electron chi connectivity index (χ1n) is 5.46. The average molecular weight is 184 g/mol. The molecule has 2 heterocycles. The van der Waals surface area contributed by atoms with Crippen LogP contribution < -0.4 is 5.32 Å². The third-order valence-electron chi connectivity index (χ3n) is 3.22. The predicted molar refractivity (Wildman–Crippen MR) is 52.7 cm³/mol. The molecule has 0 aromatic rings. The third-order valence-corrected chi connectivity index (χ3v) is 3.22. The first-order valence-corrected chi connectivity index (χ1v) is 5.46. The second-order valence-electron chi connectivity index (χ2n) is 4.40. The zero-order valence-electron chi connectivity index (χ0n) is 8.21. The Balaban J connectivity index is 1.71. The van der Waals surface area contributed by atoms with Crippen LogP contribution in [0.1, 0.15) is 19.3 Å². The number of β-amino-alcohol motifs (C(OH)–C–C–N with tert-alkyl or cyclic N) is 1. The van der Waals surface area contributed by atoms with Gasteiger partial charge in [-0.2, -0.15) is 0 Å². The lowest BCUT2D eigenvalue weighted by Crippen LogP contribution is -2.35. The number of piperidine rings is 1. The van der Waals surface area contributed by atoms with Crippen molar-refractivity contribution in [1.82, 2.24) is 10.2 Å². The molecule has 1 atom stereocenters. The van der Waals surface area contributed by atoms with E-state index in [1.165, 1.54) is 32.5 Å². The summed E-state index contributed by atoms with van der Waals surface area (Å²) in [5.41, 5.74) is 0. The fraction of sp³-hybridized carbons (Fsp3) is 1.00. The van der Waals surface area contributed by atoms with E-state index < -0.39 is 0 Å². The van der Waals surface area contributed by atoms with Crippen molar-refractivity contribution in [3.63, 3.8) is 0 Å². The van der Waals surface area contributed by atoms with Gasteiger partial charge in [0, 0.05) is 19.6 Å². The molecule has 0 bridgehead atoms. The number of hydrogen-bond donors (Lipinski definition) is 2. The second kappa shape index (κ2) is 4.40. The van der Waals surface area contributed by atoms with Gasteiger partial charge in [-0.15, -0.1) is 0 Å². The van der Waals surface area contributed by atoms with Crippen LogP contribution in [-0.2, 0) is 0 Å². The normalized spacial score (nSPS) is 32.5. The van der Waals surface area contributed by atoms with E-state index in [0.717, 1.165) is 25.4 Å². The summed E-state index contributed by atoms with van der Waals surface area (Å²) in [6.07, 6.45) is 3.55. The number of aliphatic hydroxyl groups is 1. The fourth-order valence-electron chi connectivity index (χ4n) is 2.41. The molecule has 2 rings (SSSR count). The maximum Gasteiger partial charge on any atom is 0.0679 e. The van der Waals surface area contributed by atoms with E-state index in [0.29, 0.717) is 0 Å². The molecule has 0 unspecified atom stereocenters. The Morgan fingerprint density at radius 3 is 2.62 bits per heavy atom. The Labute approximate surface area is 80.1 Å². The van der Waals surface area contributed by atoms with Gasteiger partial charge in [-0.25, -0.2) is 0 Å². The van der Waals surface area contributed by atoms with E-state index in [9.17, 15) is 5.11 Å². The Kier molecular flexibility index (Phi) is 3.19. The lowest BCUT2D eigenvalue weighted by atomic mass is 9.98. The van der Waals surface area contributed by atoms with Gasteiger partial charge in [0.15, 0.2) is 0 Å². The molecule has 13 heavy (non-hydrogen) atoms. The van der Waals surface area contributed by atoms with Gasteiger partial charge in [0.25, 0.3) is 0 Å². The predicted octanol–water partition coefficient (Wildman–Crippen LogP) is 0.0526. The molecular formula is C10H20N2O. The molecule has 3 nitrogen and oxygen atoms in total. The van der Waals surface area contributed by atoms with Crippen LogP contribution >= 0.6 is 0 Å². The summed E-state index contributed by atoms with van der Waals surface area (Å²) in [6, 6.07) is 0. The van der Waals surface area contributed by atoms with Gasteiger partial charge in [-0.05, 0) is 38.3 Å². The number of nitrogens with zero attached hydrogens (tertiary/aromatic N) is 1. The molecule has 3 heteroatoms. The minimum atomic E-state index is -0.0540. The third kappa shape index (κ3) is 2.66. The molecule has 2 N–H and O–H groups in total. The fourth-order valence-corrected chi connectivity index (χ4v) is 2.41. The highest BCUT2D eigenvalue weighted by atomic mass is 16.3. The van der Waals surface area contributed by atoms with E-state index in [2.05, 4.69) is 10.2 Å². The van der Waals surface area contributed by atoms with Crippen molar-refractivity contribution in [3.8, 4) is 0 Å². The molecule has 0 aromatic carbocycles. The van der Waals surface area contributed by atoms with Gasteiger partial charge in [0.05, 0.1) is 6.10 Å². The van der Waals surface area contributed by atoms with Gasteiger partial charge >= 0.3 is 0 Å². The summed E-state index contributed by atoms with van der Waals surface area (Å²) < 4.78 is 0. The van der Waals surface area contributed by atoms with Gasteiger partial charge in [0.1, 0.15) is 0 Å². The van der Waals surface area contributed by atoms with Crippen molar-refractivity contribution in [2.45, 2.75) is 25.4 Å². The average Bonchev–Trinajstić information content (AvgIpc) is 2.53. The summed E-state index contributed by atoms with van der Waals surface area (Å²) in [7, 11) is 0. The number of aliphatic hydroxyl groups excluding tert-OH is 1. The molecule has 0 spiro atoms. The largest absolute Gasteiger partial charge is 0.392 e. The summed E-state index contributed by atoms with van der Waals surface area (Å²) in [5, 5.41) is 12.8. The zero-order chi connectivity index (χ0) is 9.10. The minimum Gasteiger partial charge on any atom is -0.392 e. The van der Waals surface area contributed by atoms with Crippen LogP contribution in [0.25, 0.3) is 0 Å². The molecule has 0 aliphatic carbocycles. The van der Waals surface area contributed by atoms with Crippen LogP contribution in [0.3, 0.4) is 0 Å². The van der Waals surface area contributed by atoms with Crippen molar-refractivity contribution in [3.05, 3.63) is 0 Å². The van der Waals surface area contributed by atoms with Crippen LogP contribution in [0.4, 0.5) is 0 Å². The summed E-state index contributed by atoms with van der Waals surface area (Å²) in [4.78, 5) is 2.42. The lowest BCUT2D eigenvalue weighted by molar-refractivity contribution is 0.165. The monoisotopic (exact) mass is 184 g/mol. The van der Waals surface area contributed by atoms with Crippen molar-refractivity contribution < 1.29 is 5.11 Å². The molecule has 0 aromatic heterocycles. The van der Waals surface area contributed by atoms with Crippen LogP contribution in [0.5, 0.6) is 0 Å². The lowest BCUT2D eigenvalue weighted by Gasteiger charge is -2.27. The number of nitrogens with one attached hydrogen (secondary N) is 1. The molecular weight excluding hydrogens is 164 g/mol. The Bertz CT molecular complexity index is 154. The van der Waals surface area contributed by atoms with Gasteiger partial charge < -0.3 is 15.3 Å². The summed E-state index contributed by atoms with van der Waals surface area (Å²) in [5.74, 6) is 0.867. The summed E-state index contributed by atoms with van der Waals surface area (Å²) >= 11 is 0. The minimum absolute atomic E-state index is 0.0540. The van der Waals surface area contributed by atoms with Crippen molar-refractivity contribution in [2.24, 2.45) is 5.92 Å². The van der Waals surface area contributed by atoms with E-state index >= 15 is 0 Å². The van der Waals surface area contributed by atoms with Gasteiger partial charge in [-0.1, -0.05) is 0 Å². The van der Waals surface area contributed by atoms with E-state index in [-0.39, 0.29) is 6.10 Å². The van der Waals surface area contributed by atoms with Crippen molar-refractivity contribution >= 4 is 0 Å². The van der Waals surface area contributed by atoms with Crippen LogP contribution in [0, 0.1) is 5.92 Å². The van der Waals surface area contributed by atoms with Crippen molar-refractivity contribution in [2.75, 3.05) is 32.7 Å². The zero-order valence-corrected chi connectivity index (χ0v) is 8.21. The highest BCUT2D eigenvalue weighted by molar-refractivity contribution is 4.78. The smallest absolute Gasteiger partial charge is 0.0679 e. The first-order chi connectivity index (χ1) is 6.34. The molecule has 2 aliphatic rings. The van der Waals surface area contributed by atoms with E-state index in [1.807, 2.05) is 0 Å².